The number of benzene rings is 2. The van der Waals surface area contributed by atoms with E-state index in [9.17, 15) is 4.79 Å². The van der Waals surface area contributed by atoms with Crippen molar-refractivity contribution in [2.45, 2.75) is 3.79 Å². The monoisotopic (exact) mass is 332 g/mol. The van der Waals surface area contributed by atoms with E-state index in [4.69, 9.17) is 46.4 Å². The zero-order chi connectivity index (χ0) is 14.0. The number of hydrogen-bond acceptors (Lipinski definition) is 1. The SMILES string of the molecule is O=C(Cl)c1cc(C(Cl)(Cl)Cl)ccc1-c1ccccc1. The Labute approximate surface area is 131 Å². The number of hydrogen-bond donors (Lipinski definition) is 0. The molecule has 2 aromatic carbocycles. The van der Waals surface area contributed by atoms with Crippen LogP contribution in [-0.2, 0) is 3.79 Å². The number of carbonyl (C=O) groups excluding carboxylic acids is 1. The van der Waals surface area contributed by atoms with Gasteiger partial charge < -0.3 is 0 Å². The highest BCUT2D eigenvalue weighted by Gasteiger charge is 2.25. The molecule has 2 aromatic rings. The minimum atomic E-state index is -1.59. The highest BCUT2D eigenvalue weighted by atomic mass is 35.6. The molecule has 0 aromatic heterocycles. The molecule has 0 bridgehead atoms. The summed E-state index contributed by atoms with van der Waals surface area (Å²) in [5.74, 6) is 0. The average Bonchev–Trinajstić information content (AvgIpc) is 2.38. The van der Waals surface area contributed by atoms with Gasteiger partial charge in [0.25, 0.3) is 5.24 Å². The molecule has 0 saturated carbocycles. The molecule has 0 saturated heterocycles. The molecule has 0 aliphatic heterocycles. The molecule has 5 heteroatoms. The van der Waals surface area contributed by atoms with Crippen molar-refractivity contribution >= 4 is 51.6 Å². The molecule has 0 spiro atoms. The fraction of sp³-hybridized carbons (Fsp3) is 0.0714. The quantitative estimate of drug-likeness (QED) is 0.519. The second kappa shape index (κ2) is 5.72. The summed E-state index contributed by atoms with van der Waals surface area (Å²) in [6.45, 7) is 0. The summed E-state index contributed by atoms with van der Waals surface area (Å²) in [6.07, 6.45) is 0. The first-order valence-electron chi connectivity index (χ1n) is 5.36. The van der Waals surface area contributed by atoms with Gasteiger partial charge in [-0.1, -0.05) is 77.3 Å². The van der Waals surface area contributed by atoms with Gasteiger partial charge in [-0.3, -0.25) is 4.79 Å². The van der Waals surface area contributed by atoms with Gasteiger partial charge in [-0.05, 0) is 28.8 Å². The summed E-state index contributed by atoms with van der Waals surface area (Å²) < 4.78 is -1.59. The van der Waals surface area contributed by atoms with E-state index in [1.165, 1.54) is 6.07 Å². The number of halogens is 4. The Morgan fingerprint density at radius 1 is 0.947 bits per heavy atom. The van der Waals surface area contributed by atoms with Gasteiger partial charge in [0.1, 0.15) is 0 Å². The normalized spacial score (nSPS) is 11.4. The molecule has 0 aliphatic rings. The molecule has 2 rings (SSSR count). The molecule has 19 heavy (non-hydrogen) atoms. The predicted molar refractivity (Wildman–Crippen MR) is 81.3 cm³/mol. The highest BCUT2D eigenvalue weighted by molar-refractivity contribution is 6.68. The van der Waals surface area contributed by atoms with Gasteiger partial charge in [0, 0.05) is 11.1 Å². The third-order valence-corrected chi connectivity index (χ3v) is 3.50. The van der Waals surface area contributed by atoms with E-state index in [2.05, 4.69) is 0 Å². The van der Waals surface area contributed by atoms with Crippen molar-refractivity contribution in [1.82, 2.24) is 0 Å². The molecule has 98 valence electrons. The van der Waals surface area contributed by atoms with Gasteiger partial charge in [0.2, 0.25) is 3.79 Å². The van der Waals surface area contributed by atoms with Crippen molar-refractivity contribution in [2.75, 3.05) is 0 Å². The Morgan fingerprint density at radius 2 is 1.58 bits per heavy atom. The lowest BCUT2D eigenvalue weighted by Crippen LogP contribution is -2.03. The van der Waals surface area contributed by atoms with Crippen molar-refractivity contribution in [3.8, 4) is 11.1 Å². The Balaban J connectivity index is 2.61. The van der Waals surface area contributed by atoms with Crippen LogP contribution in [0.3, 0.4) is 0 Å². The van der Waals surface area contributed by atoms with Crippen LogP contribution in [0.4, 0.5) is 0 Å². The lowest BCUT2D eigenvalue weighted by molar-refractivity contribution is 0.108. The van der Waals surface area contributed by atoms with Crippen LogP contribution in [0.15, 0.2) is 48.5 Å². The molecule has 0 radical (unpaired) electrons. The first kappa shape index (κ1) is 14.7. The second-order valence-electron chi connectivity index (χ2n) is 3.90. The summed E-state index contributed by atoms with van der Waals surface area (Å²) in [4.78, 5) is 11.6. The van der Waals surface area contributed by atoms with Crippen LogP contribution in [-0.4, -0.2) is 5.24 Å². The fourth-order valence-electron chi connectivity index (χ4n) is 1.75. The van der Waals surface area contributed by atoms with E-state index in [0.29, 0.717) is 16.7 Å². The Morgan fingerprint density at radius 3 is 2.11 bits per heavy atom. The van der Waals surface area contributed by atoms with E-state index >= 15 is 0 Å². The summed E-state index contributed by atoms with van der Waals surface area (Å²) in [7, 11) is 0. The van der Waals surface area contributed by atoms with Crippen molar-refractivity contribution in [1.29, 1.82) is 0 Å². The minimum Gasteiger partial charge on any atom is -0.276 e. The number of rotatable bonds is 2. The average molecular weight is 334 g/mol. The second-order valence-corrected chi connectivity index (χ2v) is 6.52. The predicted octanol–water partition coefficient (Wildman–Crippen LogP) is 5.56. The van der Waals surface area contributed by atoms with E-state index in [-0.39, 0.29) is 0 Å². The van der Waals surface area contributed by atoms with Gasteiger partial charge in [0.05, 0.1) is 0 Å². The third-order valence-electron chi connectivity index (χ3n) is 2.64. The van der Waals surface area contributed by atoms with Crippen LogP contribution in [0.2, 0.25) is 0 Å². The van der Waals surface area contributed by atoms with Gasteiger partial charge in [-0.2, -0.15) is 0 Å². The molecule has 0 atom stereocenters. The smallest absolute Gasteiger partial charge is 0.253 e. The lowest BCUT2D eigenvalue weighted by atomic mass is 9.98. The van der Waals surface area contributed by atoms with Gasteiger partial charge in [-0.15, -0.1) is 0 Å². The summed E-state index contributed by atoms with van der Waals surface area (Å²) in [5.41, 5.74) is 2.30. The van der Waals surface area contributed by atoms with E-state index < -0.39 is 9.03 Å². The standard InChI is InChI=1S/C14H8Cl4O/c15-13(19)12-8-10(14(16,17)18)6-7-11(12)9-4-2-1-3-5-9/h1-8H. The summed E-state index contributed by atoms with van der Waals surface area (Å²) in [6, 6.07) is 14.3. The lowest BCUT2D eigenvalue weighted by Gasteiger charge is -2.14. The maximum Gasteiger partial charge on any atom is 0.253 e. The van der Waals surface area contributed by atoms with Crippen LogP contribution >= 0.6 is 46.4 Å². The molecule has 0 heterocycles. The van der Waals surface area contributed by atoms with E-state index in [1.54, 1.807) is 12.1 Å². The molecular weight excluding hydrogens is 326 g/mol. The maximum absolute atomic E-state index is 11.6. The van der Waals surface area contributed by atoms with Crippen molar-refractivity contribution in [2.24, 2.45) is 0 Å². The van der Waals surface area contributed by atoms with Crippen LogP contribution in [0.1, 0.15) is 15.9 Å². The Bertz CT molecular complexity index is 603. The zero-order valence-corrected chi connectivity index (χ0v) is 12.6. The molecule has 0 fully saturated rings. The zero-order valence-electron chi connectivity index (χ0n) is 9.54. The summed E-state index contributed by atoms with van der Waals surface area (Å²) >= 11 is 23.0. The largest absolute Gasteiger partial charge is 0.276 e. The molecule has 0 amide bonds. The fourth-order valence-corrected chi connectivity index (χ4v) is 2.26. The van der Waals surface area contributed by atoms with Crippen LogP contribution < -0.4 is 0 Å². The Kier molecular flexibility index (Phi) is 4.42. The highest BCUT2D eigenvalue weighted by Crippen LogP contribution is 2.40. The van der Waals surface area contributed by atoms with Crippen LogP contribution in [0.25, 0.3) is 11.1 Å². The Hall–Kier alpha value is -0.730. The van der Waals surface area contributed by atoms with E-state index in [0.717, 1.165) is 5.56 Å². The van der Waals surface area contributed by atoms with Crippen molar-refractivity contribution in [3.63, 3.8) is 0 Å². The van der Waals surface area contributed by atoms with Gasteiger partial charge in [-0.25, -0.2) is 0 Å². The molecular formula is C14H8Cl4O. The number of alkyl halides is 3. The van der Waals surface area contributed by atoms with Crippen LogP contribution in [0.5, 0.6) is 0 Å². The molecule has 0 N–H and O–H groups in total. The summed E-state index contributed by atoms with van der Waals surface area (Å²) in [5, 5.41) is -0.588. The molecule has 0 unspecified atom stereocenters. The maximum atomic E-state index is 11.6. The number of carbonyl (C=O) groups is 1. The van der Waals surface area contributed by atoms with Gasteiger partial charge >= 0.3 is 0 Å². The van der Waals surface area contributed by atoms with Crippen LogP contribution in [0, 0.1) is 0 Å². The first-order chi connectivity index (χ1) is 8.89. The third kappa shape index (κ3) is 3.43. The van der Waals surface area contributed by atoms with Crippen molar-refractivity contribution in [3.05, 3.63) is 59.7 Å². The topological polar surface area (TPSA) is 17.1 Å². The molecule has 1 nitrogen and oxygen atoms in total. The van der Waals surface area contributed by atoms with Crippen molar-refractivity contribution < 1.29 is 4.79 Å². The van der Waals surface area contributed by atoms with E-state index in [1.807, 2.05) is 30.3 Å². The molecule has 0 aliphatic carbocycles. The first-order valence-corrected chi connectivity index (χ1v) is 6.87. The minimum absolute atomic E-state index is 0.316. The van der Waals surface area contributed by atoms with Gasteiger partial charge in [0.15, 0.2) is 0 Å².